The summed E-state index contributed by atoms with van der Waals surface area (Å²) in [6.45, 7) is 0. The Labute approximate surface area is 282 Å². The second-order valence-corrected chi connectivity index (χ2v) is 15.8. The maximum atomic E-state index is 2.58. The third kappa shape index (κ3) is 4.30. The molecule has 0 bridgehead atoms. The first-order chi connectivity index (χ1) is 22.3. The van der Waals surface area contributed by atoms with E-state index in [1.165, 1.54) is 77.3 Å². The molecule has 0 radical (unpaired) electrons. The van der Waals surface area contributed by atoms with Gasteiger partial charge in [0.15, 0.2) is 0 Å². The molecule has 2 heterocycles. The smallest absolute Gasteiger partial charge is 1.00 e. The fraction of sp³-hybridized carbons (Fsp3) is 0.0476. The molecule has 2 atom stereocenters. The Morgan fingerprint density at radius 3 is 1.02 bits per heavy atom. The molecule has 0 saturated carbocycles. The van der Waals surface area contributed by atoms with Crippen molar-refractivity contribution in [3.63, 3.8) is 0 Å². The molecule has 0 fully saturated rings. The number of fused-ring (bicyclic) bond motifs is 8. The quantitative estimate of drug-likeness (QED) is 0.252. The van der Waals surface area contributed by atoms with Crippen LogP contribution >= 0.6 is 0 Å². The Hall–Kier alpha value is -4.86. The first-order valence-corrected chi connectivity index (χ1v) is 18.5. The Morgan fingerprint density at radius 1 is 0.362 bits per heavy atom. The molecule has 2 unspecified atom stereocenters. The molecule has 0 amide bonds. The van der Waals surface area contributed by atoms with E-state index in [2.05, 4.69) is 167 Å². The second-order valence-electron chi connectivity index (χ2n) is 12.2. The Balaban J connectivity index is 0.00000162. The van der Waals surface area contributed by atoms with Crippen LogP contribution in [0.1, 0.15) is 29.5 Å². The fourth-order valence-corrected chi connectivity index (χ4v) is 12.8. The maximum absolute atomic E-state index is 2.58. The van der Waals surface area contributed by atoms with Crippen LogP contribution < -0.4 is 9.41 Å². The van der Waals surface area contributed by atoms with Gasteiger partial charge in [-0.1, -0.05) is 0 Å². The standard InChI is InChI=1S/2C21H14N.2FH.Zr/c2*1-2-8-16-14-17(13-15(16)7-1)22-20-11-5-3-9-18(20)19-10-4-6-12-21(19)22;;;/h2*1-14H;2*1H;/q;;;;+2/p-2. The first kappa shape index (κ1) is 29.5. The average molecular weight is 690 g/mol. The number of nitrogens with zero attached hydrogens (tertiary/aromatic N) is 2. The molecular weight excluding hydrogens is 662 g/mol. The van der Waals surface area contributed by atoms with E-state index >= 15 is 0 Å². The molecule has 5 heteroatoms. The summed E-state index contributed by atoms with van der Waals surface area (Å²) in [4.78, 5) is 0. The van der Waals surface area contributed by atoms with Crippen molar-refractivity contribution >= 4 is 67.2 Å². The zero-order chi connectivity index (χ0) is 29.5. The molecule has 0 spiro atoms. The maximum Gasteiger partial charge on any atom is -1.00 e. The zero-order valence-corrected chi connectivity index (χ0v) is 27.8. The van der Waals surface area contributed by atoms with Crippen molar-refractivity contribution in [2.45, 2.75) is 7.25 Å². The molecule has 10 rings (SSSR count). The van der Waals surface area contributed by atoms with Crippen LogP contribution in [-0.2, 0) is 23.2 Å². The summed E-state index contributed by atoms with van der Waals surface area (Å²) in [7, 11) is 0. The molecule has 2 aromatic heterocycles. The van der Waals surface area contributed by atoms with E-state index in [9.17, 15) is 0 Å². The van der Waals surface area contributed by atoms with Crippen LogP contribution in [-0.4, -0.2) is 9.13 Å². The van der Waals surface area contributed by atoms with E-state index in [-0.39, 0.29) is 9.41 Å². The van der Waals surface area contributed by atoms with Crippen molar-refractivity contribution < 1.29 is 32.6 Å². The minimum Gasteiger partial charge on any atom is -1.00 e. The number of halogens is 2. The van der Waals surface area contributed by atoms with Gasteiger partial charge < -0.3 is 9.41 Å². The molecule has 0 aliphatic heterocycles. The number of allylic oxidation sites excluding steroid dienone is 2. The predicted octanol–water partition coefficient (Wildman–Crippen LogP) is 4.80. The van der Waals surface area contributed by atoms with Crippen LogP contribution in [0.4, 0.5) is 0 Å². The van der Waals surface area contributed by atoms with Gasteiger partial charge in [0, 0.05) is 0 Å². The van der Waals surface area contributed by atoms with Gasteiger partial charge in [0.2, 0.25) is 0 Å². The summed E-state index contributed by atoms with van der Waals surface area (Å²) < 4.78 is 5.97. The summed E-state index contributed by atoms with van der Waals surface area (Å²) in [5.41, 5.74) is 13.8. The van der Waals surface area contributed by atoms with E-state index < -0.39 is 23.2 Å². The topological polar surface area (TPSA) is 9.86 Å². The molecule has 2 nitrogen and oxygen atoms in total. The Bertz CT molecular complexity index is 2270. The summed E-state index contributed by atoms with van der Waals surface area (Å²) >= 11 is -1.24. The summed E-state index contributed by atoms with van der Waals surface area (Å²) in [6.07, 6.45) is 4.98. The van der Waals surface area contributed by atoms with Gasteiger partial charge >= 0.3 is 275 Å². The molecule has 2 aliphatic carbocycles. The number of hydrogen-bond donors (Lipinski definition) is 0. The van der Waals surface area contributed by atoms with Crippen molar-refractivity contribution in [3.8, 4) is 0 Å². The van der Waals surface area contributed by atoms with Crippen molar-refractivity contribution in [3.05, 3.63) is 168 Å². The number of hydrogen-bond acceptors (Lipinski definition) is 0. The SMILES string of the molecule is C1=C(n2c3ccccc3c3ccccc32)[CH]([Zr+2][CH]2C(n3c4ccccc4c4ccccc43)=Cc3ccccc32)c2ccccc21.[F-].[F-]. The van der Waals surface area contributed by atoms with Crippen molar-refractivity contribution in [2.75, 3.05) is 0 Å². The summed E-state index contributed by atoms with van der Waals surface area (Å²) in [5, 5.41) is 5.30. The monoisotopic (exact) mass is 688 g/mol. The van der Waals surface area contributed by atoms with Gasteiger partial charge in [-0.25, -0.2) is 0 Å². The van der Waals surface area contributed by atoms with Crippen molar-refractivity contribution in [2.24, 2.45) is 0 Å². The van der Waals surface area contributed by atoms with E-state index in [1.54, 1.807) is 0 Å². The van der Waals surface area contributed by atoms with Crippen LogP contribution in [0.2, 0.25) is 0 Å². The Morgan fingerprint density at radius 2 is 0.660 bits per heavy atom. The minimum absolute atomic E-state index is 0. The fourth-order valence-electron chi connectivity index (χ4n) is 7.92. The van der Waals surface area contributed by atoms with Gasteiger partial charge in [-0.3, -0.25) is 0 Å². The van der Waals surface area contributed by atoms with Gasteiger partial charge in [0.05, 0.1) is 0 Å². The summed E-state index contributed by atoms with van der Waals surface area (Å²) in [5.74, 6) is 0. The zero-order valence-electron chi connectivity index (χ0n) is 25.3. The van der Waals surface area contributed by atoms with Crippen molar-refractivity contribution in [1.29, 1.82) is 0 Å². The third-order valence-corrected chi connectivity index (χ3v) is 14.4. The summed E-state index contributed by atoms with van der Waals surface area (Å²) in [6, 6.07) is 54.0. The van der Waals surface area contributed by atoms with E-state index in [1.807, 2.05) is 0 Å². The average Bonchev–Trinajstić information content (AvgIpc) is 3.83. The molecule has 8 aromatic rings. The van der Waals surface area contributed by atoms with E-state index in [0.717, 1.165) is 0 Å². The molecule has 0 saturated heterocycles. The number of para-hydroxylation sites is 4. The van der Waals surface area contributed by atoms with Crippen LogP contribution in [0.3, 0.4) is 0 Å². The van der Waals surface area contributed by atoms with Gasteiger partial charge in [-0.15, -0.1) is 0 Å². The van der Waals surface area contributed by atoms with Crippen LogP contribution in [0.25, 0.3) is 67.2 Å². The predicted molar refractivity (Wildman–Crippen MR) is 186 cm³/mol. The van der Waals surface area contributed by atoms with Gasteiger partial charge in [-0.2, -0.15) is 0 Å². The third-order valence-electron chi connectivity index (χ3n) is 9.82. The van der Waals surface area contributed by atoms with Crippen molar-refractivity contribution in [1.82, 2.24) is 9.13 Å². The van der Waals surface area contributed by atoms with Crippen LogP contribution in [0.15, 0.2) is 146 Å². The second kappa shape index (κ2) is 11.4. The minimum atomic E-state index is -1.24. The number of aromatic nitrogens is 2. The van der Waals surface area contributed by atoms with Crippen LogP contribution in [0.5, 0.6) is 0 Å². The molecule has 6 aromatic carbocycles. The molecule has 47 heavy (non-hydrogen) atoms. The molecular formula is C42H28F2N2Zr. The van der Waals surface area contributed by atoms with E-state index in [4.69, 9.17) is 0 Å². The number of benzene rings is 6. The molecule has 2 aliphatic rings. The van der Waals surface area contributed by atoms with Gasteiger partial charge in [0.1, 0.15) is 0 Å². The van der Waals surface area contributed by atoms with Gasteiger partial charge in [-0.05, 0) is 0 Å². The molecule has 224 valence electrons. The molecule has 0 N–H and O–H groups in total. The van der Waals surface area contributed by atoms with Crippen LogP contribution in [0, 0.1) is 0 Å². The Kier molecular flexibility index (Phi) is 7.19. The first-order valence-electron chi connectivity index (χ1n) is 15.7. The largest absolute Gasteiger partial charge is 1.00 e. The normalized spacial score (nSPS) is 16.3. The number of rotatable bonds is 4. The van der Waals surface area contributed by atoms with Gasteiger partial charge in [0.25, 0.3) is 0 Å². The van der Waals surface area contributed by atoms with E-state index in [0.29, 0.717) is 7.25 Å².